The number of benzene rings is 2. The number of rotatable bonds is 7. The van der Waals surface area contributed by atoms with Crippen molar-refractivity contribution < 1.29 is 21.6 Å². The Balaban J connectivity index is 1.61. The first-order valence-electron chi connectivity index (χ1n) is 11.3. The summed E-state index contributed by atoms with van der Waals surface area (Å²) in [6, 6.07) is 8.41. The molecule has 0 aliphatic carbocycles. The van der Waals surface area contributed by atoms with Gasteiger partial charge in [0.2, 0.25) is 5.95 Å². The number of hydrogen-bond donors (Lipinski definition) is 2. The van der Waals surface area contributed by atoms with Gasteiger partial charge in [0, 0.05) is 31.9 Å². The standard InChI is InChI=1S/C24H21F3N6O2S2/c1-28-23-29-11-10-18(30-23)21-20(31-24(36-21)33-12-2-3-13-33)14-6-4-9-17(19(14)27)32-37(34,35)22-15(25)7-5-8-16(22)26/h4-11,32H,2-3,12-13H2,1H3,(H,28,29,30). The molecule has 1 aliphatic heterocycles. The number of thiazole rings is 1. The molecule has 0 atom stereocenters. The minimum absolute atomic E-state index is 0.00974. The summed E-state index contributed by atoms with van der Waals surface area (Å²) in [5, 5.41) is 3.55. The predicted octanol–water partition coefficient (Wildman–Crippen LogP) is 5.13. The van der Waals surface area contributed by atoms with Gasteiger partial charge in [0.1, 0.15) is 11.6 Å². The summed E-state index contributed by atoms with van der Waals surface area (Å²) in [5.74, 6) is -3.14. The first-order valence-corrected chi connectivity index (χ1v) is 13.6. The molecule has 1 fully saturated rings. The molecule has 0 amide bonds. The van der Waals surface area contributed by atoms with Crippen molar-refractivity contribution in [3.05, 3.63) is 66.1 Å². The van der Waals surface area contributed by atoms with E-state index in [0.717, 1.165) is 44.1 Å². The highest BCUT2D eigenvalue weighted by Gasteiger charge is 2.28. The third-order valence-corrected chi connectivity index (χ3v) is 8.34. The lowest BCUT2D eigenvalue weighted by atomic mass is 10.1. The summed E-state index contributed by atoms with van der Waals surface area (Å²) in [5.41, 5.74) is 0.315. The van der Waals surface area contributed by atoms with Gasteiger partial charge in [-0.1, -0.05) is 23.5 Å². The van der Waals surface area contributed by atoms with Crippen molar-refractivity contribution in [2.45, 2.75) is 17.7 Å². The Kier molecular flexibility index (Phi) is 6.73. The molecule has 0 bridgehead atoms. The predicted molar refractivity (Wildman–Crippen MR) is 137 cm³/mol. The molecule has 0 unspecified atom stereocenters. The van der Waals surface area contributed by atoms with E-state index in [1.807, 2.05) is 4.72 Å². The number of hydrogen-bond acceptors (Lipinski definition) is 8. The lowest BCUT2D eigenvalue weighted by Gasteiger charge is -2.13. The highest BCUT2D eigenvalue weighted by atomic mass is 32.2. The van der Waals surface area contributed by atoms with E-state index in [-0.39, 0.29) is 11.3 Å². The third kappa shape index (κ3) is 4.83. The van der Waals surface area contributed by atoms with Crippen molar-refractivity contribution in [2.75, 3.05) is 35.1 Å². The van der Waals surface area contributed by atoms with Crippen LogP contribution >= 0.6 is 11.3 Å². The summed E-state index contributed by atoms with van der Waals surface area (Å²) in [7, 11) is -3.09. The molecule has 4 aromatic rings. The van der Waals surface area contributed by atoms with Gasteiger partial charge in [-0.2, -0.15) is 0 Å². The number of halogens is 3. The Labute approximate surface area is 215 Å². The minimum Gasteiger partial charge on any atom is -0.357 e. The third-order valence-electron chi connectivity index (χ3n) is 5.79. The van der Waals surface area contributed by atoms with Crippen molar-refractivity contribution in [3.8, 4) is 21.8 Å². The van der Waals surface area contributed by atoms with Crippen LogP contribution < -0.4 is 14.9 Å². The van der Waals surface area contributed by atoms with Crippen LogP contribution in [0.3, 0.4) is 0 Å². The molecule has 37 heavy (non-hydrogen) atoms. The molecule has 8 nitrogen and oxygen atoms in total. The molecular weight excluding hydrogens is 525 g/mol. The fourth-order valence-corrected chi connectivity index (χ4v) is 6.34. The average Bonchev–Trinajstić information content (AvgIpc) is 3.55. The normalized spacial score (nSPS) is 13.7. The van der Waals surface area contributed by atoms with Crippen LogP contribution in [0, 0.1) is 17.5 Å². The Morgan fingerprint density at radius 3 is 2.38 bits per heavy atom. The summed E-state index contributed by atoms with van der Waals surface area (Å²) >= 11 is 1.34. The molecule has 2 N–H and O–H groups in total. The van der Waals surface area contributed by atoms with Crippen LogP contribution in [0.15, 0.2) is 53.6 Å². The second kappa shape index (κ2) is 9.98. The molecule has 0 saturated carbocycles. The summed E-state index contributed by atoms with van der Waals surface area (Å²) in [6.07, 6.45) is 3.59. The minimum atomic E-state index is -4.77. The molecule has 3 heterocycles. The van der Waals surface area contributed by atoms with Gasteiger partial charge in [-0.25, -0.2) is 36.5 Å². The van der Waals surface area contributed by atoms with Crippen LogP contribution in [0.4, 0.5) is 29.9 Å². The molecule has 1 saturated heterocycles. The van der Waals surface area contributed by atoms with Crippen LogP contribution in [0.1, 0.15) is 12.8 Å². The van der Waals surface area contributed by atoms with E-state index in [2.05, 4.69) is 20.2 Å². The van der Waals surface area contributed by atoms with Gasteiger partial charge in [-0.15, -0.1) is 0 Å². The number of nitrogens with one attached hydrogen (secondary N) is 2. The molecular formula is C24H21F3N6O2S2. The van der Waals surface area contributed by atoms with E-state index < -0.39 is 38.1 Å². The Bertz CT molecular complexity index is 1550. The highest BCUT2D eigenvalue weighted by Crippen LogP contribution is 2.42. The van der Waals surface area contributed by atoms with E-state index in [1.54, 1.807) is 19.3 Å². The molecule has 1 aliphatic rings. The largest absolute Gasteiger partial charge is 0.357 e. The zero-order valence-corrected chi connectivity index (χ0v) is 21.1. The molecule has 2 aromatic heterocycles. The zero-order chi connectivity index (χ0) is 26.2. The van der Waals surface area contributed by atoms with E-state index in [9.17, 15) is 17.2 Å². The van der Waals surface area contributed by atoms with Crippen molar-refractivity contribution in [3.63, 3.8) is 0 Å². The number of nitrogens with zero attached hydrogens (tertiary/aromatic N) is 4. The Hall–Kier alpha value is -3.71. The highest BCUT2D eigenvalue weighted by molar-refractivity contribution is 7.92. The van der Waals surface area contributed by atoms with Gasteiger partial charge < -0.3 is 10.2 Å². The fraction of sp³-hybridized carbons (Fsp3) is 0.208. The summed E-state index contributed by atoms with van der Waals surface area (Å²) in [6.45, 7) is 1.63. The summed E-state index contributed by atoms with van der Waals surface area (Å²) < 4.78 is 71.7. The maximum atomic E-state index is 15.8. The molecule has 0 radical (unpaired) electrons. The maximum absolute atomic E-state index is 15.8. The van der Waals surface area contributed by atoms with Crippen molar-refractivity contribution >= 4 is 38.1 Å². The van der Waals surface area contributed by atoms with Gasteiger partial charge in [-0.05, 0) is 43.2 Å². The van der Waals surface area contributed by atoms with E-state index >= 15 is 4.39 Å². The number of aromatic nitrogens is 3. The molecule has 2 aromatic carbocycles. The lowest BCUT2D eigenvalue weighted by molar-refractivity contribution is 0.521. The SMILES string of the molecule is CNc1nccc(-c2sc(N3CCCC3)nc2-c2cccc(NS(=O)(=O)c3c(F)cccc3F)c2F)n1. The monoisotopic (exact) mass is 546 g/mol. The molecule has 13 heteroatoms. The molecule has 0 spiro atoms. The van der Waals surface area contributed by atoms with Gasteiger partial charge >= 0.3 is 0 Å². The van der Waals surface area contributed by atoms with E-state index in [1.165, 1.54) is 29.5 Å². The van der Waals surface area contributed by atoms with E-state index in [4.69, 9.17) is 4.98 Å². The smallest absolute Gasteiger partial charge is 0.267 e. The first kappa shape index (κ1) is 25.0. The van der Waals surface area contributed by atoms with Crippen molar-refractivity contribution in [2.24, 2.45) is 0 Å². The van der Waals surface area contributed by atoms with Gasteiger partial charge in [0.05, 0.1) is 22.0 Å². The Morgan fingerprint density at radius 2 is 1.68 bits per heavy atom. The van der Waals surface area contributed by atoms with Crippen LogP contribution in [0.25, 0.3) is 21.8 Å². The number of sulfonamides is 1. The van der Waals surface area contributed by atoms with Crippen LogP contribution in [-0.2, 0) is 10.0 Å². The zero-order valence-electron chi connectivity index (χ0n) is 19.5. The van der Waals surface area contributed by atoms with Crippen LogP contribution in [0.5, 0.6) is 0 Å². The second-order valence-corrected chi connectivity index (χ2v) is 10.8. The fourth-order valence-electron chi connectivity index (χ4n) is 4.04. The van der Waals surface area contributed by atoms with Gasteiger partial charge in [0.15, 0.2) is 15.8 Å². The topological polar surface area (TPSA) is 100 Å². The van der Waals surface area contributed by atoms with Crippen molar-refractivity contribution in [1.29, 1.82) is 0 Å². The van der Waals surface area contributed by atoms with Crippen LogP contribution in [-0.4, -0.2) is 43.5 Å². The average molecular weight is 547 g/mol. The second-order valence-electron chi connectivity index (χ2n) is 8.21. The molecule has 5 rings (SSSR count). The first-order chi connectivity index (χ1) is 17.8. The summed E-state index contributed by atoms with van der Waals surface area (Å²) in [4.78, 5) is 14.8. The Morgan fingerprint density at radius 1 is 0.973 bits per heavy atom. The quantitative estimate of drug-likeness (QED) is 0.332. The van der Waals surface area contributed by atoms with E-state index in [0.29, 0.717) is 21.7 Å². The van der Waals surface area contributed by atoms with Crippen molar-refractivity contribution in [1.82, 2.24) is 15.0 Å². The van der Waals surface area contributed by atoms with Crippen LogP contribution in [0.2, 0.25) is 0 Å². The number of anilines is 3. The van der Waals surface area contributed by atoms with Gasteiger partial charge in [0.25, 0.3) is 10.0 Å². The molecule has 192 valence electrons. The van der Waals surface area contributed by atoms with Gasteiger partial charge in [-0.3, -0.25) is 4.72 Å². The lowest BCUT2D eigenvalue weighted by Crippen LogP contribution is -2.17. The maximum Gasteiger partial charge on any atom is 0.267 e.